The Kier molecular flexibility index (Phi) is 10.0. The van der Waals surface area contributed by atoms with E-state index in [0.717, 1.165) is 64.8 Å². The standard InChI is InChI=1S/C39H45N5O2/c1-26(2)34-15-11-16-35(27(3)4)37(34)41-38(31-13-9-8-10-14-31)42-21-12-22-43(25-42)39(32-17-19-33(20-18-32)44(45)46)40-36-29(6)23-28(5)24-30(36)7/h8-11,13-20,23-24,26-27H,12,21-22,25H2,1-7H3. The Hall–Kier alpha value is -4.78. The molecule has 0 saturated carbocycles. The predicted octanol–water partition coefficient (Wildman–Crippen LogP) is 9.59. The SMILES string of the molecule is Cc1cc(C)c(N=C(c2ccc([N+](=O)[O-])cc2)N2CCCN(C(=Nc3c(C(C)C)cccc3C(C)C)c3ccccc3)C2)c(C)c1. The molecular formula is C39H45N5O2. The number of aryl methyl sites for hydroxylation is 3. The summed E-state index contributed by atoms with van der Waals surface area (Å²) < 4.78 is 0. The van der Waals surface area contributed by atoms with Crippen molar-refractivity contribution in [3.05, 3.63) is 134 Å². The third-order valence-electron chi connectivity index (χ3n) is 8.58. The number of nitro benzene ring substituents is 1. The minimum absolute atomic E-state index is 0.0642. The van der Waals surface area contributed by atoms with Gasteiger partial charge in [0, 0.05) is 36.3 Å². The molecule has 7 nitrogen and oxygen atoms in total. The van der Waals surface area contributed by atoms with E-state index in [1.54, 1.807) is 12.1 Å². The molecule has 0 atom stereocenters. The lowest BCUT2D eigenvalue weighted by molar-refractivity contribution is -0.384. The molecule has 46 heavy (non-hydrogen) atoms. The lowest BCUT2D eigenvalue weighted by Crippen LogP contribution is -2.50. The number of para-hydroxylation sites is 1. The Morgan fingerprint density at radius 1 is 0.696 bits per heavy atom. The highest BCUT2D eigenvalue weighted by Crippen LogP contribution is 2.36. The third kappa shape index (κ3) is 7.20. The second-order valence-electron chi connectivity index (χ2n) is 12.9. The fourth-order valence-electron chi connectivity index (χ4n) is 6.30. The van der Waals surface area contributed by atoms with Crippen molar-refractivity contribution < 1.29 is 4.92 Å². The highest BCUT2D eigenvalue weighted by Gasteiger charge is 2.26. The summed E-state index contributed by atoms with van der Waals surface area (Å²) in [5.41, 5.74) is 9.84. The Balaban J connectivity index is 1.64. The molecular weight excluding hydrogens is 570 g/mol. The first kappa shape index (κ1) is 32.6. The summed E-state index contributed by atoms with van der Waals surface area (Å²) in [5.74, 6) is 2.39. The zero-order valence-corrected chi connectivity index (χ0v) is 28.1. The number of hydrogen-bond donors (Lipinski definition) is 0. The number of aliphatic imine (C=N–C) groups is 2. The molecule has 1 fully saturated rings. The number of amidine groups is 2. The number of benzene rings is 4. The van der Waals surface area contributed by atoms with Gasteiger partial charge in [-0.1, -0.05) is 93.9 Å². The second kappa shape index (κ2) is 14.1. The van der Waals surface area contributed by atoms with Crippen LogP contribution in [0.1, 0.15) is 84.9 Å². The van der Waals surface area contributed by atoms with Crippen molar-refractivity contribution in [3.8, 4) is 0 Å². The van der Waals surface area contributed by atoms with Crippen LogP contribution < -0.4 is 0 Å². The molecule has 1 aliphatic rings. The van der Waals surface area contributed by atoms with Gasteiger partial charge in [-0.3, -0.25) is 10.1 Å². The molecule has 238 valence electrons. The van der Waals surface area contributed by atoms with Gasteiger partial charge in [0.05, 0.1) is 23.0 Å². The first-order valence-electron chi connectivity index (χ1n) is 16.2. The minimum atomic E-state index is -0.361. The summed E-state index contributed by atoms with van der Waals surface area (Å²) in [6.07, 6.45) is 0.909. The van der Waals surface area contributed by atoms with Gasteiger partial charge in [0.1, 0.15) is 11.7 Å². The molecule has 1 saturated heterocycles. The van der Waals surface area contributed by atoms with Crippen LogP contribution in [0.15, 0.2) is 94.9 Å². The van der Waals surface area contributed by atoms with Gasteiger partial charge in [-0.05, 0) is 73.4 Å². The van der Waals surface area contributed by atoms with E-state index in [0.29, 0.717) is 18.5 Å². The molecule has 0 unspecified atom stereocenters. The first-order valence-corrected chi connectivity index (χ1v) is 16.2. The maximum Gasteiger partial charge on any atom is 0.269 e. The number of hydrogen-bond acceptors (Lipinski definition) is 4. The zero-order chi connectivity index (χ0) is 33.0. The van der Waals surface area contributed by atoms with Gasteiger partial charge in [0.2, 0.25) is 0 Å². The van der Waals surface area contributed by atoms with Crippen molar-refractivity contribution >= 4 is 28.7 Å². The largest absolute Gasteiger partial charge is 0.338 e. The third-order valence-corrected chi connectivity index (χ3v) is 8.58. The Morgan fingerprint density at radius 3 is 1.70 bits per heavy atom. The first-order chi connectivity index (χ1) is 22.0. The van der Waals surface area contributed by atoms with E-state index < -0.39 is 0 Å². The second-order valence-corrected chi connectivity index (χ2v) is 12.9. The minimum Gasteiger partial charge on any atom is -0.338 e. The molecule has 0 aromatic heterocycles. The number of rotatable bonds is 7. The van der Waals surface area contributed by atoms with Crippen LogP contribution in [0, 0.1) is 30.9 Å². The molecule has 0 aliphatic carbocycles. The van der Waals surface area contributed by atoms with Crippen LogP contribution in [0.5, 0.6) is 0 Å². The van der Waals surface area contributed by atoms with Gasteiger partial charge < -0.3 is 9.80 Å². The van der Waals surface area contributed by atoms with Gasteiger partial charge in [0.15, 0.2) is 0 Å². The van der Waals surface area contributed by atoms with Crippen LogP contribution in [0.25, 0.3) is 0 Å². The van der Waals surface area contributed by atoms with E-state index in [2.05, 4.69) is 113 Å². The fourth-order valence-corrected chi connectivity index (χ4v) is 6.30. The smallest absolute Gasteiger partial charge is 0.269 e. The summed E-state index contributed by atoms with van der Waals surface area (Å²) in [6.45, 7) is 17.4. The van der Waals surface area contributed by atoms with E-state index in [1.165, 1.54) is 16.7 Å². The molecule has 1 aliphatic heterocycles. The molecule has 5 rings (SSSR count). The van der Waals surface area contributed by atoms with E-state index in [-0.39, 0.29) is 10.6 Å². The van der Waals surface area contributed by atoms with Gasteiger partial charge in [-0.2, -0.15) is 0 Å². The molecule has 0 bridgehead atoms. The van der Waals surface area contributed by atoms with Crippen molar-refractivity contribution in [2.75, 3.05) is 19.8 Å². The molecule has 7 heteroatoms. The molecule has 0 amide bonds. The maximum atomic E-state index is 11.5. The van der Waals surface area contributed by atoms with Gasteiger partial charge in [0.25, 0.3) is 5.69 Å². The molecule has 4 aromatic rings. The predicted molar refractivity (Wildman–Crippen MR) is 190 cm³/mol. The van der Waals surface area contributed by atoms with Crippen LogP contribution in [0.2, 0.25) is 0 Å². The van der Waals surface area contributed by atoms with Crippen molar-refractivity contribution in [3.63, 3.8) is 0 Å². The van der Waals surface area contributed by atoms with Crippen LogP contribution in [0.4, 0.5) is 17.1 Å². The molecule has 1 heterocycles. The quantitative estimate of drug-likeness (QED) is 0.0898. The number of nitrogens with zero attached hydrogens (tertiary/aromatic N) is 5. The van der Waals surface area contributed by atoms with E-state index in [4.69, 9.17) is 9.98 Å². The monoisotopic (exact) mass is 615 g/mol. The van der Waals surface area contributed by atoms with Crippen molar-refractivity contribution in [1.29, 1.82) is 0 Å². The van der Waals surface area contributed by atoms with Crippen LogP contribution in [0.3, 0.4) is 0 Å². The summed E-state index contributed by atoms with van der Waals surface area (Å²) in [5, 5.41) is 11.5. The zero-order valence-electron chi connectivity index (χ0n) is 28.1. The van der Waals surface area contributed by atoms with E-state index >= 15 is 0 Å². The molecule has 0 spiro atoms. The van der Waals surface area contributed by atoms with Crippen molar-refractivity contribution in [1.82, 2.24) is 9.80 Å². The van der Waals surface area contributed by atoms with Gasteiger partial charge in [-0.25, -0.2) is 9.98 Å². The molecule has 0 N–H and O–H groups in total. The van der Waals surface area contributed by atoms with Crippen LogP contribution in [-0.2, 0) is 0 Å². The lowest BCUT2D eigenvalue weighted by atomic mass is 9.93. The average Bonchev–Trinajstić information content (AvgIpc) is 3.03. The highest BCUT2D eigenvalue weighted by atomic mass is 16.6. The number of nitro groups is 1. The van der Waals surface area contributed by atoms with Crippen LogP contribution >= 0.6 is 0 Å². The highest BCUT2D eigenvalue weighted by molar-refractivity contribution is 6.03. The van der Waals surface area contributed by atoms with Crippen molar-refractivity contribution in [2.24, 2.45) is 9.98 Å². The Bertz CT molecular complexity index is 1710. The fraction of sp³-hybridized carbons (Fsp3) is 0.333. The average molecular weight is 616 g/mol. The topological polar surface area (TPSA) is 74.3 Å². The maximum absolute atomic E-state index is 11.5. The van der Waals surface area contributed by atoms with E-state index in [1.807, 2.05) is 18.2 Å². The Morgan fingerprint density at radius 2 is 1.20 bits per heavy atom. The van der Waals surface area contributed by atoms with E-state index in [9.17, 15) is 10.1 Å². The van der Waals surface area contributed by atoms with Gasteiger partial charge >= 0.3 is 0 Å². The summed E-state index contributed by atoms with van der Waals surface area (Å²) in [4.78, 5) is 26.6. The van der Waals surface area contributed by atoms with Crippen molar-refractivity contribution in [2.45, 2.75) is 66.7 Å². The number of non-ortho nitro benzene ring substituents is 1. The summed E-state index contributed by atoms with van der Waals surface area (Å²) in [7, 11) is 0. The lowest BCUT2D eigenvalue weighted by Gasteiger charge is -2.39. The summed E-state index contributed by atoms with van der Waals surface area (Å²) in [6, 6.07) is 28.1. The van der Waals surface area contributed by atoms with Crippen LogP contribution in [-0.4, -0.2) is 46.2 Å². The molecule has 0 radical (unpaired) electrons. The molecule has 4 aromatic carbocycles. The Labute approximate surface area is 273 Å². The summed E-state index contributed by atoms with van der Waals surface area (Å²) >= 11 is 0. The van der Waals surface area contributed by atoms with Gasteiger partial charge in [-0.15, -0.1) is 0 Å². The normalized spacial score (nSPS) is 14.4.